The average Bonchev–Trinajstić information content (AvgIpc) is 2.77. The number of aryl methyl sites for hydroxylation is 1. The number of benzene rings is 1. The molecule has 1 aromatic carbocycles. The third kappa shape index (κ3) is 3.27. The second-order valence-electron chi connectivity index (χ2n) is 4.90. The normalized spacial score (nSPS) is 21.5. The minimum atomic E-state index is -1.02. The molecule has 108 valence electrons. The van der Waals surface area contributed by atoms with Gasteiger partial charge in [0.05, 0.1) is 17.7 Å². The van der Waals surface area contributed by atoms with E-state index in [0.717, 1.165) is 12.0 Å². The minimum absolute atomic E-state index is 0.00722. The number of anilines is 1. The Balaban J connectivity index is 2.03. The number of rotatable bonds is 3. The Hall–Kier alpha value is -2.08. The van der Waals surface area contributed by atoms with Crippen LogP contribution >= 0.6 is 0 Å². The number of hydrogen-bond donors (Lipinski definition) is 3. The van der Waals surface area contributed by atoms with E-state index in [2.05, 4.69) is 10.6 Å². The fourth-order valence-electron chi connectivity index (χ4n) is 2.14. The van der Waals surface area contributed by atoms with E-state index in [-0.39, 0.29) is 23.7 Å². The third-order valence-electron chi connectivity index (χ3n) is 3.43. The van der Waals surface area contributed by atoms with Gasteiger partial charge in [0.2, 0.25) is 0 Å². The van der Waals surface area contributed by atoms with Crippen molar-refractivity contribution in [3.05, 3.63) is 29.3 Å². The van der Waals surface area contributed by atoms with E-state index in [1.54, 1.807) is 6.07 Å². The molecule has 0 aromatic heterocycles. The molecule has 1 saturated heterocycles. The molecule has 0 aliphatic carbocycles. The molecule has 1 fully saturated rings. The van der Waals surface area contributed by atoms with Gasteiger partial charge >= 0.3 is 12.0 Å². The van der Waals surface area contributed by atoms with Crippen LogP contribution < -0.4 is 10.6 Å². The number of aromatic carboxylic acids is 1. The number of carbonyl (C=O) groups is 2. The molecular weight excluding hydrogens is 260 g/mol. The maximum absolute atomic E-state index is 11.9. The van der Waals surface area contributed by atoms with Gasteiger partial charge in [-0.25, -0.2) is 9.59 Å². The van der Waals surface area contributed by atoms with Gasteiger partial charge in [0, 0.05) is 12.3 Å². The van der Waals surface area contributed by atoms with Crippen LogP contribution in [0.4, 0.5) is 10.5 Å². The Bertz CT molecular complexity index is 530. The van der Waals surface area contributed by atoms with E-state index in [4.69, 9.17) is 9.84 Å². The standard InChI is InChI=1S/C14H18N2O4/c1-8-3-4-10(13(17)18)7-12(8)16-14(19)15-11-5-6-20-9(11)2/h3-4,7,9,11H,5-6H2,1-2H3,(H,17,18)(H2,15,16,19). The number of nitrogens with one attached hydrogen (secondary N) is 2. The Labute approximate surface area is 117 Å². The molecule has 0 saturated carbocycles. The summed E-state index contributed by atoms with van der Waals surface area (Å²) in [4.78, 5) is 22.8. The van der Waals surface area contributed by atoms with Crippen molar-refractivity contribution < 1.29 is 19.4 Å². The molecule has 6 heteroatoms. The Kier molecular flexibility index (Phi) is 4.24. The van der Waals surface area contributed by atoms with Gasteiger partial charge in [-0.05, 0) is 38.0 Å². The Morgan fingerprint density at radius 2 is 2.15 bits per heavy atom. The molecule has 3 N–H and O–H groups in total. The number of urea groups is 1. The molecule has 2 unspecified atom stereocenters. The molecule has 0 spiro atoms. The van der Waals surface area contributed by atoms with Crippen LogP contribution in [0.25, 0.3) is 0 Å². The van der Waals surface area contributed by atoms with E-state index in [9.17, 15) is 9.59 Å². The van der Waals surface area contributed by atoms with Gasteiger partial charge in [-0.3, -0.25) is 0 Å². The van der Waals surface area contributed by atoms with Crippen molar-refractivity contribution in [2.24, 2.45) is 0 Å². The zero-order valence-electron chi connectivity index (χ0n) is 11.5. The highest BCUT2D eigenvalue weighted by Crippen LogP contribution is 2.18. The van der Waals surface area contributed by atoms with Crippen molar-refractivity contribution in [1.82, 2.24) is 5.32 Å². The molecule has 2 atom stereocenters. The number of carbonyl (C=O) groups excluding carboxylic acids is 1. The zero-order chi connectivity index (χ0) is 14.7. The highest BCUT2D eigenvalue weighted by Gasteiger charge is 2.25. The fourth-order valence-corrected chi connectivity index (χ4v) is 2.14. The molecule has 1 aliphatic heterocycles. The zero-order valence-corrected chi connectivity index (χ0v) is 11.5. The van der Waals surface area contributed by atoms with Crippen molar-refractivity contribution in [1.29, 1.82) is 0 Å². The van der Waals surface area contributed by atoms with Gasteiger partial charge in [-0.1, -0.05) is 6.07 Å². The molecule has 2 amide bonds. The van der Waals surface area contributed by atoms with Gasteiger partial charge < -0.3 is 20.5 Å². The highest BCUT2D eigenvalue weighted by atomic mass is 16.5. The molecule has 0 radical (unpaired) electrons. The Morgan fingerprint density at radius 1 is 1.40 bits per heavy atom. The fraction of sp³-hybridized carbons (Fsp3) is 0.429. The molecule has 6 nitrogen and oxygen atoms in total. The molecule has 1 heterocycles. The first-order valence-electron chi connectivity index (χ1n) is 6.50. The summed E-state index contributed by atoms with van der Waals surface area (Å²) in [5.74, 6) is -1.02. The van der Waals surface area contributed by atoms with Crippen LogP contribution in [0.2, 0.25) is 0 Å². The first kappa shape index (κ1) is 14.3. The van der Waals surface area contributed by atoms with Crippen molar-refractivity contribution in [3.8, 4) is 0 Å². The monoisotopic (exact) mass is 278 g/mol. The van der Waals surface area contributed by atoms with Crippen LogP contribution in [0.15, 0.2) is 18.2 Å². The quantitative estimate of drug-likeness (QED) is 0.789. The van der Waals surface area contributed by atoms with Crippen LogP contribution in [0, 0.1) is 6.92 Å². The van der Waals surface area contributed by atoms with E-state index in [0.29, 0.717) is 12.3 Å². The summed E-state index contributed by atoms with van der Waals surface area (Å²) in [6.07, 6.45) is 0.773. The summed E-state index contributed by atoms with van der Waals surface area (Å²) in [5.41, 5.74) is 1.44. The van der Waals surface area contributed by atoms with Crippen LogP contribution in [0.3, 0.4) is 0 Å². The lowest BCUT2D eigenvalue weighted by molar-refractivity contribution is 0.0697. The largest absolute Gasteiger partial charge is 0.478 e. The lowest BCUT2D eigenvalue weighted by Gasteiger charge is -2.17. The highest BCUT2D eigenvalue weighted by molar-refractivity contribution is 5.94. The first-order valence-corrected chi connectivity index (χ1v) is 6.50. The number of hydrogen-bond acceptors (Lipinski definition) is 3. The second kappa shape index (κ2) is 5.92. The summed E-state index contributed by atoms with van der Waals surface area (Å²) < 4.78 is 5.37. The summed E-state index contributed by atoms with van der Waals surface area (Å²) >= 11 is 0. The smallest absolute Gasteiger partial charge is 0.335 e. The van der Waals surface area contributed by atoms with Crippen LogP contribution in [-0.4, -0.2) is 35.9 Å². The van der Waals surface area contributed by atoms with Crippen molar-refractivity contribution >= 4 is 17.7 Å². The maximum atomic E-state index is 11.9. The Morgan fingerprint density at radius 3 is 2.75 bits per heavy atom. The van der Waals surface area contributed by atoms with Crippen LogP contribution in [0.5, 0.6) is 0 Å². The minimum Gasteiger partial charge on any atom is -0.478 e. The average molecular weight is 278 g/mol. The lowest BCUT2D eigenvalue weighted by Crippen LogP contribution is -2.41. The van der Waals surface area contributed by atoms with Gasteiger partial charge in [0.15, 0.2) is 0 Å². The number of amides is 2. The first-order chi connectivity index (χ1) is 9.47. The molecule has 0 bridgehead atoms. The molecule has 2 rings (SSSR count). The predicted octanol–water partition coefficient (Wildman–Crippen LogP) is 1.99. The molecule has 1 aromatic rings. The maximum Gasteiger partial charge on any atom is 0.335 e. The number of carboxylic acids is 1. The predicted molar refractivity (Wildman–Crippen MR) is 74.1 cm³/mol. The van der Waals surface area contributed by atoms with Gasteiger partial charge in [0.1, 0.15) is 0 Å². The lowest BCUT2D eigenvalue weighted by atomic mass is 10.1. The van der Waals surface area contributed by atoms with Gasteiger partial charge in [-0.15, -0.1) is 0 Å². The van der Waals surface area contributed by atoms with Crippen LogP contribution in [0.1, 0.15) is 29.3 Å². The van der Waals surface area contributed by atoms with Crippen molar-refractivity contribution in [2.75, 3.05) is 11.9 Å². The third-order valence-corrected chi connectivity index (χ3v) is 3.43. The number of carboxylic acid groups (broad SMARTS) is 1. The van der Waals surface area contributed by atoms with Gasteiger partial charge in [-0.2, -0.15) is 0 Å². The van der Waals surface area contributed by atoms with Gasteiger partial charge in [0.25, 0.3) is 0 Å². The SMILES string of the molecule is Cc1ccc(C(=O)O)cc1NC(=O)NC1CCOC1C. The van der Waals surface area contributed by atoms with Crippen LogP contribution in [-0.2, 0) is 4.74 Å². The summed E-state index contributed by atoms with van der Waals surface area (Å²) in [6.45, 7) is 4.36. The second-order valence-corrected chi connectivity index (χ2v) is 4.90. The van der Waals surface area contributed by atoms with E-state index in [1.807, 2.05) is 13.8 Å². The van der Waals surface area contributed by atoms with E-state index >= 15 is 0 Å². The summed E-state index contributed by atoms with van der Waals surface area (Å²) in [5, 5.41) is 14.5. The van der Waals surface area contributed by atoms with E-state index < -0.39 is 5.97 Å². The summed E-state index contributed by atoms with van der Waals surface area (Å²) in [7, 11) is 0. The van der Waals surface area contributed by atoms with E-state index in [1.165, 1.54) is 12.1 Å². The van der Waals surface area contributed by atoms with Crippen molar-refractivity contribution in [2.45, 2.75) is 32.4 Å². The molecule has 20 heavy (non-hydrogen) atoms. The number of ether oxygens (including phenoxy) is 1. The molecule has 1 aliphatic rings. The summed E-state index contributed by atoms with van der Waals surface area (Å²) in [6, 6.07) is 4.26. The van der Waals surface area contributed by atoms with Crippen molar-refractivity contribution in [3.63, 3.8) is 0 Å². The topological polar surface area (TPSA) is 87.7 Å². The molecular formula is C14H18N2O4.